The van der Waals surface area contributed by atoms with Gasteiger partial charge in [-0.05, 0) is 71.0 Å². The summed E-state index contributed by atoms with van der Waals surface area (Å²) in [6.07, 6.45) is -1.90. The van der Waals surface area contributed by atoms with Crippen LogP contribution in [0.3, 0.4) is 0 Å². The molecule has 3 amide bonds. The second-order valence-corrected chi connectivity index (χ2v) is 9.74. The molecule has 1 heterocycles. The third-order valence-corrected chi connectivity index (χ3v) is 6.27. The van der Waals surface area contributed by atoms with Crippen molar-refractivity contribution in [2.24, 2.45) is 5.92 Å². The van der Waals surface area contributed by atoms with E-state index in [0.717, 1.165) is 19.2 Å². The second kappa shape index (κ2) is 11.6. The van der Waals surface area contributed by atoms with Crippen LogP contribution < -0.4 is 15.8 Å². The van der Waals surface area contributed by atoms with Crippen LogP contribution in [0.5, 0.6) is 0 Å². The lowest BCUT2D eigenvalue weighted by Crippen LogP contribution is -2.49. The molecule has 0 bridgehead atoms. The van der Waals surface area contributed by atoms with Gasteiger partial charge in [-0.25, -0.2) is 4.39 Å². The highest BCUT2D eigenvalue weighted by atomic mass is 19.3. The Morgan fingerprint density at radius 3 is 2.22 bits per heavy atom. The molecule has 0 saturated carbocycles. The van der Waals surface area contributed by atoms with Crippen LogP contribution in [-0.2, 0) is 16.1 Å². The van der Waals surface area contributed by atoms with Crippen LogP contribution in [0.2, 0.25) is 0 Å². The van der Waals surface area contributed by atoms with Crippen molar-refractivity contribution in [3.05, 3.63) is 65.5 Å². The number of rotatable bonds is 6. The first-order chi connectivity index (χ1) is 17.0. The fourth-order valence-electron chi connectivity index (χ4n) is 4.15. The molecule has 2 aromatic rings. The average Bonchev–Trinajstić information content (AvgIpc) is 2.85. The summed E-state index contributed by atoms with van der Waals surface area (Å²) in [6, 6.07) is 12.6. The summed E-state index contributed by atoms with van der Waals surface area (Å²) in [5.74, 6) is -3.65. The fourth-order valence-corrected chi connectivity index (χ4v) is 4.15. The zero-order chi connectivity index (χ0) is 26.5. The quantitative estimate of drug-likeness (QED) is 0.585. The minimum Gasteiger partial charge on any atom is -0.308 e. The SMILES string of the molecule is CC(C)(C)N1CCC(C(=O)N(Cc2ccc(C(=O)NNC(=O)C(F)F)cc2F)c2ccccc2)CC1. The van der Waals surface area contributed by atoms with Crippen molar-refractivity contribution in [3.8, 4) is 0 Å². The number of piperidine rings is 1. The van der Waals surface area contributed by atoms with E-state index in [1.165, 1.54) is 12.1 Å². The Hall–Kier alpha value is -3.40. The molecule has 1 aliphatic rings. The molecule has 0 spiro atoms. The van der Waals surface area contributed by atoms with Crippen molar-refractivity contribution in [3.63, 3.8) is 0 Å². The molecule has 1 fully saturated rings. The summed E-state index contributed by atoms with van der Waals surface area (Å²) < 4.78 is 39.5. The maximum atomic E-state index is 15.0. The first kappa shape index (κ1) is 27.2. The number of amides is 3. The van der Waals surface area contributed by atoms with E-state index >= 15 is 0 Å². The predicted octanol–water partition coefficient (Wildman–Crippen LogP) is 3.90. The van der Waals surface area contributed by atoms with Gasteiger partial charge < -0.3 is 4.90 Å². The van der Waals surface area contributed by atoms with Crippen molar-refractivity contribution < 1.29 is 27.6 Å². The van der Waals surface area contributed by atoms with E-state index < -0.39 is 24.1 Å². The van der Waals surface area contributed by atoms with Crippen molar-refractivity contribution in [1.82, 2.24) is 15.8 Å². The molecular formula is C26H31F3N4O3. The Balaban J connectivity index is 1.75. The number of halogens is 3. The number of carbonyl (C=O) groups is 3. The molecule has 1 saturated heterocycles. The van der Waals surface area contributed by atoms with Crippen LogP contribution in [-0.4, -0.2) is 47.7 Å². The molecule has 0 aliphatic carbocycles. The number of hydrogen-bond donors (Lipinski definition) is 2. The number of para-hydroxylation sites is 1. The van der Waals surface area contributed by atoms with Gasteiger partial charge in [-0.15, -0.1) is 0 Å². The van der Waals surface area contributed by atoms with Crippen molar-refractivity contribution in [2.45, 2.75) is 52.1 Å². The maximum absolute atomic E-state index is 15.0. The lowest BCUT2D eigenvalue weighted by atomic mass is 9.91. The Morgan fingerprint density at radius 1 is 1.03 bits per heavy atom. The van der Waals surface area contributed by atoms with Gasteiger partial charge in [0.15, 0.2) is 0 Å². The van der Waals surface area contributed by atoms with E-state index in [4.69, 9.17) is 0 Å². The van der Waals surface area contributed by atoms with E-state index in [2.05, 4.69) is 25.7 Å². The van der Waals surface area contributed by atoms with Crippen LogP contribution in [0.15, 0.2) is 48.5 Å². The first-order valence-electron chi connectivity index (χ1n) is 11.8. The van der Waals surface area contributed by atoms with Gasteiger partial charge >= 0.3 is 12.3 Å². The fraction of sp³-hybridized carbons (Fsp3) is 0.423. The highest BCUT2D eigenvalue weighted by Gasteiger charge is 2.33. The molecule has 2 N–H and O–H groups in total. The van der Waals surface area contributed by atoms with Crippen LogP contribution in [0.4, 0.5) is 18.9 Å². The normalized spacial score (nSPS) is 15.0. The summed E-state index contributed by atoms with van der Waals surface area (Å²) in [6.45, 7) is 7.98. The minimum atomic E-state index is -3.30. The van der Waals surface area contributed by atoms with Crippen LogP contribution in [0, 0.1) is 11.7 Å². The number of hydrogen-bond acceptors (Lipinski definition) is 4. The molecule has 0 aromatic heterocycles. The lowest BCUT2D eigenvalue weighted by Gasteiger charge is -2.41. The van der Waals surface area contributed by atoms with Gasteiger partial charge in [0.25, 0.3) is 5.91 Å². The predicted molar refractivity (Wildman–Crippen MR) is 130 cm³/mol. The van der Waals surface area contributed by atoms with Crippen LogP contribution in [0.1, 0.15) is 49.5 Å². The first-order valence-corrected chi connectivity index (χ1v) is 11.8. The molecule has 0 unspecified atom stereocenters. The Labute approximate surface area is 208 Å². The van der Waals surface area contributed by atoms with Gasteiger partial charge in [-0.3, -0.25) is 30.1 Å². The summed E-state index contributed by atoms with van der Waals surface area (Å²) in [7, 11) is 0. The maximum Gasteiger partial charge on any atom is 0.317 e. The third-order valence-electron chi connectivity index (χ3n) is 6.27. The molecule has 194 valence electrons. The molecule has 2 aromatic carbocycles. The van der Waals surface area contributed by atoms with Gasteiger partial charge in [-0.1, -0.05) is 24.3 Å². The number of hydrazine groups is 1. The number of likely N-dealkylation sites (tertiary alicyclic amines) is 1. The lowest BCUT2D eigenvalue weighted by molar-refractivity contribution is -0.132. The number of anilines is 1. The van der Waals surface area contributed by atoms with Crippen LogP contribution >= 0.6 is 0 Å². The summed E-state index contributed by atoms with van der Waals surface area (Å²) in [4.78, 5) is 40.5. The number of nitrogens with one attached hydrogen (secondary N) is 2. The second-order valence-electron chi connectivity index (χ2n) is 9.74. The number of carbonyl (C=O) groups excluding carboxylic acids is 3. The highest BCUT2D eigenvalue weighted by Crippen LogP contribution is 2.28. The van der Waals surface area contributed by atoms with Crippen molar-refractivity contribution >= 4 is 23.4 Å². The van der Waals surface area contributed by atoms with Crippen LogP contribution in [0.25, 0.3) is 0 Å². The minimum absolute atomic E-state index is 0.0204. The van der Waals surface area contributed by atoms with Gasteiger partial charge in [-0.2, -0.15) is 8.78 Å². The van der Waals surface area contributed by atoms with E-state index in [1.54, 1.807) is 34.6 Å². The Bertz CT molecular complexity index is 1080. The topological polar surface area (TPSA) is 81.8 Å². The van der Waals surface area contributed by atoms with E-state index in [9.17, 15) is 27.6 Å². The van der Waals surface area contributed by atoms with E-state index in [-0.39, 0.29) is 35.0 Å². The zero-order valence-corrected chi connectivity index (χ0v) is 20.6. The molecule has 10 heteroatoms. The smallest absolute Gasteiger partial charge is 0.308 e. The molecular weight excluding hydrogens is 473 g/mol. The van der Waals surface area contributed by atoms with Gasteiger partial charge in [0.1, 0.15) is 5.82 Å². The highest BCUT2D eigenvalue weighted by molar-refractivity contribution is 5.96. The molecule has 7 nitrogen and oxygen atoms in total. The van der Waals surface area contributed by atoms with Crippen molar-refractivity contribution in [1.29, 1.82) is 0 Å². The van der Waals surface area contributed by atoms with E-state index in [1.807, 2.05) is 11.5 Å². The Morgan fingerprint density at radius 2 is 1.67 bits per heavy atom. The summed E-state index contributed by atoms with van der Waals surface area (Å²) in [5, 5.41) is 0. The number of alkyl halides is 2. The molecule has 0 radical (unpaired) electrons. The standard InChI is InChI=1S/C26H31F3N4O3/c1-26(2,3)32-13-11-17(12-14-32)25(36)33(20-7-5-4-6-8-20)16-19-10-9-18(15-21(19)27)23(34)30-31-24(35)22(28)29/h4-10,15,17,22H,11-14,16H2,1-3H3,(H,30,34)(H,31,35). The van der Waals surface area contributed by atoms with Gasteiger partial charge in [0.2, 0.25) is 5.91 Å². The number of benzene rings is 2. The largest absolute Gasteiger partial charge is 0.317 e. The molecule has 1 aliphatic heterocycles. The number of nitrogens with zero attached hydrogens (tertiary/aromatic N) is 2. The summed E-state index contributed by atoms with van der Waals surface area (Å²) >= 11 is 0. The zero-order valence-electron chi connectivity index (χ0n) is 20.6. The van der Waals surface area contributed by atoms with Gasteiger partial charge in [0.05, 0.1) is 6.54 Å². The monoisotopic (exact) mass is 504 g/mol. The van der Waals surface area contributed by atoms with Crippen molar-refractivity contribution in [2.75, 3.05) is 18.0 Å². The van der Waals surface area contributed by atoms with E-state index in [0.29, 0.717) is 18.5 Å². The summed E-state index contributed by atoms with van der Waals surface area (Å²) in [5.41, 5.74) is 4.05. The Kier molecular flexibility index (Phi) is 8.73. The van der Waals surface area contributed by atoms with Gasteiger partial charge in [0, 0.05) is 28.3 Å². The molecule has 36 heavy (non-hydrogen) atoms. The molecule has 3 rings (SSSR count). The average molecular weight is 505 g/mol. The third kappa shape index (κ3) is 6.84. The molecule has 0 atom stereocenters.